The zero-order valence-electron chi connectivity index (χ0n) is 21.1. The number of carbonyl (C=O) groups is 3. The summed E-state index contributed by atoms with van der Waals surface area (Å²) in [5, 5.41) is 0. The van der Waals surface area contributed by atoms with Crippen molar-refractivity contribution in [2.75, 3.05) is 20.1 Å². The van der Waals surface area contributed by atoms with E-state index in [9.17, 15) is 14.4 Å². The van der Waals surface area contributed by atoms with E-state index in [-0.39, 0.29) is 19.2 Å². The first-order valence-corrected chi connectivity index (χ1v) is 12.2. The lowest BCUT2D eigenvalue weighted by Crippen LogP contribution is -2.47. The maximum Gasteiger partial charge on any atom is 0.636 e. The highest BCUT2D eigenvalue weighted by atomic mass is 16.6. The van der Waals surface area contributed by atoms with Crippen LogP contribution in [0, 0.1) is 0 Å². The van der Waals surface area contributed by atoms with Crippen molar-refractivity contribution in [2.45, 2.75) is 25.4 Å². The third-order valence-corrected chi connectivity index (χ3v) is 6.00. The predicted molar refractivity (Wildman–Crippen MR) is 142 cm³/mol. The van der Waals surface area contributed by atoms with Crippen molar-refractivity contribution in [3.63, 3.8) is 0 Å². The van der Waals surface area contributed by atoms with Gasteiger partial charge in [-0.05, 0) is 67.9 Å². The average molecular weight is 516 g/mol. The van der Waals surface area contributed by atoms with E-state index in [1.165, 1.54) is 4.90 Å². The summed E-state index contributed by atoms with van der Waals surface area (Å²) in [5.74, 6) is 0.415. The van der Waals surface area contributed by atoms with Gasteiger partial charge in [0.15, 0.2) is 0 Å². The van der Waals surface area contributed by atoms with Crippen molar-refractivity contribution < 1.29 is 33.2 Å². The van der Waals surface area contributed by atoms with Gasteiger partial charge in [0.1, 0.15) is 23.4 Å². The molecule has 1 aliphatic heterocycles. The standard InChI is InChI=1S/C28H29BN2O7/c1-19-7-12-22(5-3-4-6-25(19)36-24-13-8-20(9-14-24)28(30)34)35-23-15-10-21(11-16-23)29-37-26(32)17-31(2)18-27(33)38-29/h3-4,6,8-11,13-16,22H,1,5,7,12,17-18H2,2H3,(H2,30,34)/b4-3-,25-6+/t22-/m0/s1. The van der Waals surface area contributed by atoms with Crippen molar-refractivity contribution in [1.82, 2.24) is 4.90 Å². The zero-order chi connectivity index (χ0) is 27.1. The van der Waals surface area contributed by atoms with Gasteiger partial charge in [0, 0.05) is 17.4 Å². The number of carbonyl (C=O) groups excluding carboxylic acids is 3. The molecule has 1 heterocycles. The van der Waals surface area contributed by atoms with Crippen LogP contribution in [0.4, 0.5) is 0 Å². The van der Waals surface area contributed by atoms with Crippen LogP contribution in [0.5, 0.6) is 11.5 Å². The van der Waals surface area contributed by atoms with Gasteiger partial charge in [0.05, 0.1) is 13.1 Å². The molecule has 0 bridgehead atoms. The smallest absolute Gasteiger partial charge is 0.494 e. The van der Waals surface area contributed by atoms with Crippen LogP contribution in [0.25, 0.3) is 0 Å². The fourth-order valence-corrected chi connectivity index (χ4v) is 3.97. The number of hydrogen-bond acceptors (Lipinski definition) is 8. The minimum Gasteiger partial charge on any atom is -0.494 e. The maximum absolute atomic E-state index is 12.0. The molecule has 0 spiro atoms. The largest absolute Gasteiger partial charge is 0.636 e. The van der Waals surface area contributed by atoms with Gasteiger partial charge in [-0.15, -0.1) is 0 Å². The Kier molecular flexibility index (Phi) is 8.65. The van der Waals surface area contributed by atoms with E-state index in [4.69, 9.17) is 24.5 Å². The number of nitrogens with two attached hydrogens (primary N) is 1. The van der Waals surface area contributed by atoms with Gasteiger partial charge in [-0.3, -0.25) is 19.3 Å². The SMILES string of the molecule is C=C1CC[C@@H](Oc2ccc(B3OC(=O)CN(C)CC(=O)O3)cc2)C/C=C\C=C/1Oc1ccc(C(N)=O)cc1. The van der Waals surface area contributed by atoms with Crippen molar-refractivity contribution in [3.05, 3.63) is 90.2 Å². The maximum atomic E-state index is 12.0. The van der Waals surface area contributed by atoms with Gasteiger partial charge in [0.2, 0.25) is 5.91 Å². The molecule has 10 heteroatoms. The number of ether oxygens (including phenoxy) is 2. The lowest BCUT2D eigenvalue weighted by Gasteiger charge is -2.23. The van der Waals surface area contributed by atoms with Gasteiger partial charge in [-0.1, -0.05) is 30.9 Å². The van der Waals surface area contributed by atoms with Gasteiger partial charge in [-0.25, -0.2) is 0 Å². The van der Waals surface area contributed by atoms with E-state index >= 15 is 0 Å². The monoisotopic (exact) mass is 516 g/mol. The number of nitrogens with zero attached hydrogens (tertiary/aromatic N) is 1. The summed E-state index contributed by atoms with van der Waals surface area (Å²) < 4.78 is 22.8. The normalized spacial score (nSPS) is 21.3. The Balaban J connectivity index is 1.34. The molecule has 38 heavy (non-hydrogen) atoms. The third-order valence-electron chi connectivity index (χ3n) is 6.00. The average Bonchev–Trinajstić information content (AvgIpc) is 2.95. The van der Waals surface area contributed by atoms with Crippen LogP contribution in [-0.2, 0) is 18.9 Å². The highest BCUT2D eigenvalue weighted by molar-refractivity contribution is 6.64. The highest BCUT2D eigenvalue weighted by Crippen LogP contribution is 2.25. The van der Waals surface area contributed by atoms with E-state index in [0.29, 0.717) is 47.5 Å². The van der Waals surface area contributed by atoms with Crippen LogP contribution < -0.4 is 20.7 Å². The molecule has 4 rings (SSSR count). The van der Waals surface area contributed by atoms with Crippen molar-refractivity contribution >= 4 is 30.4 Å². The van der Waals surface area contributed by atoms with E-state index in [2.05, 4.69) is 6.58 Å². The fraction of sp³-hybridized carbons (Fsp3) is 0.250. The van der Waals surface area contributed by atoms with Crippen molar-refractivity contribution in [3.8, 4) is 11.5 Å². The van der Waals surface area contributed by atoms with Crippen LogP contribution in [0.1, 0.15) is 29.6 Å². The summed E-state index contributed by atoms with van der Waals surface area (Å²) in [5.41, 5.74) is 7.07. The Hall–Kier alpha value is -4.31. The first-order chi connectivity index (χ1) is 18.3. The minimum absolute atomic E-state index is 0.0104. The van der Waals surface area contributed by atoms with Crippen LogP contribution in [0.2, 0.25) is 0 Å². The summed E-state index contributed by atoms with van der Waals surface area (Å²) in [7, 11) is 0.553. The molecule has 2 N–H and O–H groups in total. The first-order valence-electron chi connectivity index (χ1n) is 12.2. The van der Waals surface area contributed by atoms with Crippen molar-refractivity contribution in [1.29, 1.82) is 0 Å². The lowest BCUT2D eigenvalue weighted by atomic mass is 9.78. The highest BCUT2D eigenvalue weighted by Gasteiger charge is 2.33. The number of likely N-dealkylation sites (N-methyl/N-ethyl adjacent to an activating group) is 1. The Morgan fingerprint density at radius 1 is 1.03 bits per heavy atom. The van der Waals surface area contributed by atoms with Gasteiger partial charge in [0.25, 0.3) is 0 Å². The first kappa shape index (κ1) is 26.7. The Bertz CT molecular complexity index is 1230. The molecule has 2 aromatic rings. The molecule has 0 aromatic heterocycles. The fourth-order valence-electron chi connectivity index (χ4n) is 3.97. The number of primary amides is 1. The topological polar surface area (TPSA) is 117 Å². The van der Waals surface area contributed by atoms with Gasteiger partial charge < -0.3 is 24.5 Å². The molecule has 2 aliphatic rings. The number of allylic oxidation sites excluding steroid dienone is 3. The van der Waals surface area contributed by atoms with E-state index in [0.717, 1.165) is 5.57 Å². The Morgan fingerprint density at radius 3 is 2.29 bits per heavy atom. The molecule has 1 saturated heterocycles. The second kappa shape index (κ2) is 12.3. The summed E-state index contributed by atoms with van der Waals surface area (Å²) in [6.07, 6.45) is 7.69. The van der Waals surface area contributed by atoms with Crippen LogP contribution in [0.15, 0.2) is 84.7 Å². The minimum atomic E-state index is -1.09. The molecule has 0 radical (unpaired) electrons. The lowest BCUT2D eigenvalue weighted by molar-refractivity contribution is -0.145. The Labute approximate surface area is 221 Å². The second-order valence-electron chi connectivity index (χ2n) is 9.12. The molecule has 0 unspecified atom stereocenters. The Morgan fingerprint density at radius 2 is 1.66 bits per heavy atom. The van der Waals surface area contributed by atoms with E-state index in [1.807, 2.05) is 18.2 Å². The van der Waals surface area contributed by atoms with Crippen molar-refractivity contribution in [2.24, 2.45) is 5.73 Å². The van der Waals surface area contributed by atoms with E-state index < -0.39 is 25.0 Å². The number of benzene rings is 2. The second-order valence-corrected chi connectivity index (χ2v) is 9.12. The summed E-state index contributed by atoms with van der Waals surface area (Å²) >= 11 is 0. The summed E-state index contributed by atoms with van der Waals surface area (Å²) in [4.78, 5) is 36.9. The molecular weight excluding hydrogens is 487 g/mol. The quantitative estimate of drug-likeness (QED) is 0.583. The molecule has 1 fully saturated rings. The molecule has 1 aliphatic carbocycles. The van der Waals surface area contributed by atoms with Crippen LogP contribution in [-0.4, -0.2) is 56.1 Å². The third kappa shape index (κ3) is 7.36. The number of hydrogen-bond donors (Lipinski definition) is 1. The van der Waals surface area contributed by atoms with E-state index in [1.54, 1.807) is 55.6 Å². The molecule has 2 aromatic carbocycles. The van der Waals surface area contributed by atoms with Crippen LogP contribution in [0.3, 0.4) is 0 Å². The molecule has 9 nitrogen and oxygen atoms in total. The molecular formula is C28H29BN2O7. The molecule has 196 valence electrons. The van der Waals surface area contributed by atoms with Gasteiger partial charge >= 0.3 is 19.1 Å². The number of amides is 1. The molecule has 1 atom stereocenters. The summed E-state index contributed by atoms with van der Waals surface area (Å²) in [6, 6.07) is 13.6. The molecule has 0 saturated carbocycles. The van der Waals surface area contributed by atoms with Crippen LogP contribution >= 0.6 is 0 Å². The zero-order valence-corrected chi connectivity index (χ0v) is 21.1. The van der Waals surface area contributed by atoms with Gasteiger partial charge in [-0.2, -0.15) is 0 Å². The summed E-state index contributed by atoms with van der Waals surface area (Å²) in [6.45, 7) is 4.20. The number of rotatable bonds is 6. The predicted octanol–water partition coefficient (Wildman–Crippen LogP) is 2.52. The molecule has 1 amide bonds.